The van der Waals surface area contributed by atoms with Gasteiger partial charge in [-0.3, -0.25) is 0 Å². The van der Waals surface area contributed by atoms with Gasteiger partial charge in [-0.05, 0) is 68.3 Å². The van der Waals surface area contributed by atoms with Crippen molar-refractivity contribution in [3.05, 3.63) is 182 Å². The standard InChI is InChI=1S/C42H31NOSi/c1-5-13-31(14-6-1)32-21-27-39-40-28-24-34(30-42(40)44-41(39)29-32)43-33-22-25-38(26-23-33)45(35-15-7-2-8-16-35,36-17-9-3-10-18-36)37-19-11-4-12-20-37/h1-30,43H. The van der Waals surface area contributed by atoms with E-state index in [4.69, 9.17) is 4.42 Å². The Morgan fingerprint density at radius 3 is 1.36 bits per heavy atom. The smallest absolute Gasteiger partial charge is 0.179 e. The fraction of sp³-hybridized carbons (Fsp3) is 0. The summed E-state index contributed by atoms with van der Waals surface area (Å²) in [5.41, 5.74) is 6.15. The minimum atomic E-state index is -2.54. The van der Waals surface area contributed by atoms with E-state index in [1.54, 1.807) is 0 Å². The van der Waals surface area contributed by atoms with Crippen LogP contribution in [0.3, 0.4) is 0 Å². The van der Waals surface area contributed by atoms with Crippen molar-refractivity contribution in [2.45, 2.75) is 0 Å². The van der Waals surface area contributed by atoms with Gasteiger partial charge < -0.3 is 9.73 Å². The average molecular weight is 594 g/mol. The SMILES string of the molecule is c1ccc(-c2ccc3c(c2)oc2cc(Nc4ccc([Si](c5ccccc5)(c5ccccc5)c5ccccc5)cc4)ccc23)cc1. The van der Waals surface area contributed by atoms with Crippen molar-refractivity contribution in [1.82, 2.24) is 0 Å². The topological polar surface area (TPSA) is 25.2 Å². The molecule has 0 fully saturated rings. The Labute approximate surface area is 264 Å². The Kier molecular flexibility index (Phi) is 6.86. The summed E-state index contributed by atoms with van der Waals surface area (Å²) in [5, 5.41) is 11.3. The summed E-state index contributed by atoms with van der Waals surface area (Å²) in [6.07, 6.45) is 0. The highest BCUT2D eigenvalue weighted by Crippen LogP contribution is 2.34. The molecule has 8 rings (SSSR count). The van der Waals surface area contributed by atoms with E-state index in [1.165, 1.54) is 26.3 Å². The molecule has 45 heavy (non-hydrogen) atoms. The van der Waals surface area contributed by atoms with Crippen LogP contribution < -0.4 is 26.1 Å². The highest BCUT2D eigenvalue weighted by Gasteiger charge is 2.41. The van der Waals surface area contributed by atoms with Gasteiger partial charge >= 0.3 is 0 Å². The molecule has 0 aliphatic heterocycles. The number of fused-ring (bicyclic) bond motifs is 3. The summed E-state index contributed by atoms with van der Waals surface area (Å²) < 4.78 is 6.37. The Bertz CT molecular complexity index is 2110. The van der Waals surface area contributed by atoms with Crippen molar-refractivity contribution in [3.63, 3.8) is 0 Å². The molecule has 2 nitrogen and oxygen atoms in total. The Hall–Kier alpha value is -5.64. The van der Waals surface area contributed by atoms with Gasteiger partial charge in [0.1, 0.15) is 11.2 Å². The average Bonchev–Trinajstić information content (AvgIpc) is 3.48. The molecule has 0 atom stereocenters. The zero-order chi connectivity index (χ0) is 30.1. The minimum absolute atomic E-state index is 0.875. The third kappa shape index (κ3) is 4.84. The molecule has 0 radical (unpaired) electrons. The summed E-state index contributed by atoms with van der Waals surface area (Å²) in [7, 11) is -2.54. The second-order valence-corrected chi connectivity index (χ2v) is 15.2. The molecule has 7 aromatic carbocycles. The van der Waals surface area contributed by atoms with Gasteiger partial charge in [-0.15, -0.1) is 0 Å². The van der Waals surface area contributed by atoms with E-state index in [0.717, 1.165) is 38.9 Å². The normalized spacial score (nSPS) is 11.6. The molecule has 0 unspecified atom stereocenters. The number of hydrogen-bond acceptors (Lipinski definition) is 2. The monoisotopic (exact) mass is 593 g/mol. The third-order valence-electron chi connectivity index (χ3n) is 8.81. The third-order valence-corrected chi connectivity index (χ3v) is 13.6. The zero-order valence-corrected chi connectivity index (χ0v) is 25.7. The summed E-state index contributed by atoms with van der Waals surface area (Å²) in [5.74, 6) is 0. The lowest BCUT2D eigenvalue weighted by atomic mass is 10.0. The number of anilines is 2. The predicted octanol–water partition coefficient (Wildman–Crippen LogP) is 8.37. The van der Waals surface area contributed by atoms with Gasteiger partial charge in [0.05, 0.1) is 0 Å². The molecule has 3 heteroatoms. The summed E-state index contributed by atoms with van der Waals surface area (Å²) in [6.45, 7) is 0. The van der Waals surface area contributed by atoms with E-state index in [0.29, 0.717) is 0 Å². The Morgan fingerprint density at radius 2 is 0.800 bits per heavy atom. The lowest BCUT2D eigenvalue weighted by Gasteiger charge is -2.34. The lowest BCUT2D eigenvalue weighted by Crippen LogP contribution is -2.74. The van der Waals surface area contributed by atoms with Gasteiger partial charge in [0, 0.05) is 28.2 Å². The fourth-order valence-electron chi connectivity index (χ4n) is 6.70. The molecule has 0 amide bonds. The van der Waals surface area contributed by atoms with Crippen LogP contribution in [0.4, 0.5) is 11.4 Å². The maximum absolute atomic E-state index is 6.37. The molecule has 0 aliphatic rings. The molecular formula is C42H31NOSi. The molecule has 1 heterocycles. The minimum Gasteiger partial charge on any atom is -0.456 e. The second kappa shape index (κ2) is 11.5. The maximum Gasteiger partial charge on any atom is 0.179 e. The van der Waals surface area contributed by atoms with Crippen LogP contribution >= 0.6 is 0 Å². The molecule has 1 aromatic heterocycles. The second-order valence-electron chi connectivity index (χ2n) is 11.4. The lowest BCUT2D eigenvalue weighted by molar-refractivity contribution is 0.669. The van der Waals surface area contributed by atoms with Gasteiger partial charge in [-0.1, -0.05) is 140 Å². The van der Waals surface area contributed by atoms with E-state index < -0.39 is 8.07 Å². The molecule has 0 saturated carbocycles. The van der Waals surface area contributed by atoms with Crippen LogP contribution in [0.5, 0.6) is 0 Å². The fourth-order valence-corrected chi connectivity index (χ4v) is 11.4. The van der Waals surface area contributed by atoms with Gasteiger partial charge in [-0.2, -0.15) is 0 Å². The maximum atomic E-state index is 6.37. The number of hydrogen-bond donors (Lipinski definition) is 1. The van der Waals surface area contributed by atoms with Crippen LogP contribution in [0.25, 0.3) is 33.1 Å². The van der Waals surface area contributed by atoms with Gasteiger partial charge in [-0.25, -0.2) is 0 Å². The van der Waals surface area contributed by atoms with E-state index >= 15 is 0 Å². The van der Waals surface area contributed by atoms with Crippen LogP contribution in [-0.4, -0.2) is 8.07 Å². The van der Waals surface area contributed by atoms with Crippen LogP contribution in [-0.2, 0) is 0 Å². The van der Waals surface area contributed by atoms with Crippen molar-refractivity contribution >= 4 is 62.1 Å². The first kappa shape index (κ1) is 26.9. The first-order valence-corrected chi connectivity index (χ1v) is 17.3. The van der Waals surface area contributed by atoms with Crippen LogP contribution in [0, 0.1) is 0 Å². The van der Waals surface area contributed by atoms with Crippen LogP contribution in [0.2, 0.25) is 0 Å². The van der Waals surface area contributed by atoms with E-state index in [-0.39, 0.29) is 0 Å². The predicted molar refractivity (Wildman–Crippen MR) is 192 cm³/mol. The van der Waals surface area contributed by atoms with Gasteiger partial charge in [0.25, 0.3) is 0 Å². The van der Waals surface area contributed by atoms with E-state index in [1.807, 2.05) is 6.07 Å². The summed E-state index contributed by atoms with van der Waals surface area (Å²) in [6, 6.07) is 65.4. The van der Waals surface area contributed by atoms with E-state index in [9.17, 15) is 0 Å². The first-order chi connectivity index (χ1) is 22.3. The summed E-state index contributed by atoms with van der Waals surface area (Å²) in [4.78, 5) is 0. The van der Waals surface area contributed by atoms with E-state index in [2.05, 4.69) is 181 Å². The van der Waals surface area contributed by atoms with Crippen molar-refractivity contribution in [2.24, 2.45) is 0 Å². The largest absolute Gasteiger partial charge is 0.456 e. The van der Waals surface area contributed by atoms with Crippen molar-refractivity contribution in [3.8, 4) is 11.1 Å². The number of benzene rings is 7. The highest BCUT2D eigenvalue weighted by atomic mass is 28.3. The summed E-state index contributed by atoms with van der Waals surface area (Å²) >= 11 is 0. The van der Waals surface area contributed by atoms with Crippen LogP contribution in [0.15, 0.2) is 186 Å². The Balaban J connectivity index is 1.16. The molecule has 0 aliphatic carbocycles. The number of furan rings is 1. The van der Waals surface area contributed by atoms with Gasteiger partial charge in [0.15, 0.2) is 8.07 Å². The molecule has 8 aromatic rings. The zero-order valence-electron chi connectivity index (χ0n) is 24.7. The van der Waals surface area contributed by atoms with Crippen molar-refractivity contribution < 1.29 is 4.42 Å². The molecule has 0 bridgehead atoms. The molecule has 0 saturated heterocycles. The first-order valence-electron chi connectivity index (χ1n) is 15.3. The van der Waals surface area contributed by atoms with Crippen LogP contribution in [0.1, 0.15) is 0 Å². The molecule has 1 N–H and O–H groups in total. The van der Waals surface area contributed by atoms with Crippen molar-refractivity contribution in [2.75, 3.05) is 5.32 Å². The Morgan fingerprint density at radius 1 is 0.356 bits per heavy atom. The number of rotatable bonds is 7. The molecular weight excluding hydrogens is 563 g/mol. The number of nitrogens with one attached hydrogen (secondary N) is 1. The van der Waals surface area contributed by atoms with Gasteiger partial charge in [0.2, 0.25) is 0 Å². The van der Waals surface area contributed by atoms with Crippen molar-refractivity contribution in [1.29, 1.82) is 0 Å². The highest BCUT2D eigenvalue weighted by molar-refractivity contribution is 7.19. The molecule has 0 spiro atoms. The quantitative estimate of drug-likeness (QED) is 0.148. The molecule has 214 valence electrons.